The molecule has 0 aromatic carbocycles. The number of hydrogen-bond donors (Lipinski definition) is 1. The quantitative estimate of drug-likeness (QED) is 0.723. The summed E-state index contributed by atoms with van der Waals surface area (Å²) in [6.45, 7) is 6.01. The van der Waals surface area contributed by atoms with Crippen molar-refractivity contribution in [2.24, 2.45) is 0 Å². The maximum absolute atomic E-state index is 12.0. The Morgan fingerprint density at radius 2 is 2.24 bits per heavy atom. The van der Waals surface area contributed by atoms with Crippen LogP contribution in [-0.4, -0.2) is 47.3 Å². The summed E-state index contributed by atoms with van der Waals surface area (Å²) >= 11 is 0. The smallest absolute Gasteiger partial charge is 0.274 e. The maximum atomic E-state index is 12.0. The third-order valence-electron chi connectivity index (χ3n) is 2.28. The molecule has 0 saturated heterocycles. The summed E-state index contributed by atoms with van der Waals surface area (Å²) < 4.78 is 5.20. The molecule has 0 aliphatic rings. The molecular formula is C11H17N3O3. The Hall–Kier alpha value is -1.69. The zero-order chi connectivity index (χ0) is 12.7. The minimum absolute atomic E-state index is 0.205. The van der Waals surface area contributed by atoms with E-state index in [4.69, 9.17) is 4.74 Å². The van der Waals surface area contributed by atoms with Gasteiger partial charge in [0.2, 0.25) is 0 Å². The van der Waals surface area contributed by atoms with Crippen LogP contribution in [0.2, 0.25) is 0 Å². The normalized spacial score (nSPS) is 10.2. The van der Waals surface area contributed by atoms with E-state index < -0.39 is 0 Å². The molecule has 1 N–H and O–H groups in total. The lowest BCUT2D eigenvalue weighted by Crippen LogP contribution is -2.34. The third-order valence-corrected chi connectivity index (χ3v) is 2.28. The number of amides is 1. The number of nitrogens with zero attached hydrogens (tertiary/aromatic N) is 2. The van der Waals surface area contributed by atoms with Crippen LogP contribution in [-0.2, 0) is 4.74 Å². The van der Waals surface area contributed by atoms with E-state index in [1.807, 2.05) is 13.8 Å². The monoisotopic (exact) mass is 239 g/mol. The molecule has 1 heterocycles. The van der Waals surface area contributed by atoms with Gasteiger partial charge in [-0.05, 0) is 19.9 Å². The predicted molar refractivity (Wildman–Crippen MR) is 62.9 cm³/mol. The molecule has 0 fully saturated rings. The average Bonchev–Trinajstić information content (AvgIpc) is 2.35. The second kappa shape index (κ2) is 6.80. The van der Waals surface area contributed by atoms with Gasteiger partial charge in [0.1, 0.15) is 5.69 Å². The average molecular weight is 239 g/mol. The number of rotatable bonds is 6. The third kappa shape index (κ3) is 3.99. The number of nitrogens with one attached hydrogen (secondary N) is 1. The molecule has 0 bridgehead atoms. The molecule has 17 heavy (non-hydrogen) atoms. The van der Waals surface area contributed by atoms with Gasteiger partial charge in [0, 0.05) is 25.8 Å². The molecule has 0 radical (unpaired) electrons. The Balaban J connectivity index is 2.65. The zero-order valence-corrected chi connectivity index (χ0v) is 10.1. The number of H-pyrrole nitrogens is 1. The summed E-state index contributed by atoms with van der Waals surface area (Å²) in [7, 11) is 0. The van der Waals surface area contributed by atoms with Crippen LogP contribution in [0.3, 0.4) is 0 Å². The standard InChI is InChI=1S/C11H17N3O3/c1-3-14(7-8-17-4-2)11(16)9-5-6-10(15)13-12-9/h5-6H,3-4,7-8H2,1-2H3,(H,13,15). The number of carbonyl (C=O) groups excluding carboxylic acids is 1. The number of hydrogen-bond acceptors (Lipinski definition) is 4. The van der Waals surface area contributed by atoms with Crippen molar-refractivity contribution in [3.8, 4) is 0 Å². The Labute approximate surface area is 99.6 Å². The van der Waals surface area contributed by atoms with Crippen LogP contribution < -0.4 is 5.56 Å². The summed E-state index contributed by atoms with van der Waals surface area (Å²) in [6.07, 6.45) is 0. The van der Waals surface area contributed by atoms with Gasteiger partial charge in [0.25, 0.3) is 11.5 Å². The highest BCUT2D eigenvalue weighted by molar-refractivity contribution is 5.92. The molecule has 6 nitrogen and oxygen atoms in total. The Morgan fingerprint density at radius 3 is 2.76 bits per heavy atom. The van der Waals surface area contributed by atoms with Gasteiger partial charge >= 0.3 is 0 Å². The van der Waals surface area contributed by atoms with Crippen molar-refractivity contribution >= 4 is 5.91 Å². The van der Waals surface area contributed by atoms with Crippen LogP contribution in [0.1, 0.15) is 24.3 Å². The van der Waals surface area contributed by atoms with Gasteiger partial charge in [0.15, 0.2) is 0 Å². The van der Waals surface area contributed by atoms with Crippen molar-refractivity contribution in [3.05, 3.63) is 28.2 Å². The highest BCUT2D eigenvalue weighted by atomic mass is 16.5. The van der Waals surface area contributed by atoms with Crippen molar-refractivity contribution < 1.29 is 9.53 Å². The first-order valence-corrected chi connectivity index (χ1v) is 5.61. The van der Waals surface area contributed by atoms with E-state index in [0.29, 0.717) is 26.3 Å². The topological polar surface area (TPSA) is 75.3 Å². The fourth-order valence-electron chi connectivity index (χ4n) is 1.35. The van der Waals surface area contributed by atoms with Gasteiger partial charge < -0.3 is 9.64 Å². The predicted octanol–water partition coefficient (Wildman–Crippen LogP) is 0.269. The SMILES string of the molecule is CCOCCN(CC)C(=O)c1ccc(=O)[nH]n1. The fourth-order valence-corrected chi connectivity index (χ4v) is 1.35. The molecule has 0 unspecified atom stereocenters. The van der Waals surface area contributed by atoms with Crippen molar-refractivity contribution in [1.29, 1.82) is 0 Å². The van der Waals surface area contributed by atoms with Crippen molar-refractivity contribution in [2.75, 3.05) is 26.3 Å². The van der Waals surface area contributed by atoms with Crippen molar-refractivity contribution in [2.45, 2.75) is 13.8 Å². The van der Waals surface area contributed by atoms with Gasteiger partial charge in [0.05, 0.1) is 6.61 Å². The van der Waals surface area contributed by atoms with Gasteiger partial charge in [-0.1, -0.05) is 0 Å². The zero-order valence-electron chi connectivity index (χ0n) is 10.1. The molecular weight excluding hydrogens is 222 g/mol. The van der Waals surface area contributed by atoms with E-state index >= 15 is 0 Å². The molecule has 0 aliphatic carbocycles. The first-order valence-electron chi connectivity index (χ1n) is 5.61. The molecule has 1 rings (SSSR count). The van der Waals surface area contributed by atoms with Crippen LogP contribution in [0.15, 0.2) is 16.9 Å². The van der Waals surface area contributed by atoms with Crippen LogP contribution >= 0.6 is 0 Å². The fraction of sp³-hybridized carbons (Fsp3) is 0.545. The Morgan fingerprint density at radius 1 is 1.47 bits per heavy atom. The van der Waals surface area contributed by atoms with Crippen molar-refractivity contribution in [1.82, 2.24) is 15.1 Å². The first-order chi connectivity index (χ1) is 8.19. The van der Waals surface area contributed by atoms with Gasteiger partial charge in [-0.2, -0.15) is 5.10 Å². The summed E-state index contributed by atoms with van der Waals surface area (Å²) in [5.74, 6) is -0.205. The first kappa shape index (κ1) is 13.4. The van der Waals surface area contributed by atoms with E-state index in [1.165, 1.54) is 12.1 Å². The molecule has 6 heteroatoms. The Kier molecular flexibility index (Phi) is 5.35. The van der Waals surface area contributed by atoms with E-state index in [0.717, 1.165) is 0 Å². The lowest BCUT2D eigenvalue weighted by Gasteiger charge is -2.19. The highest BCUT2D eigenvalue weighted by Gasteiger charge is 2.15. The minimum atomic E-state index is -0.320. The minimum Gasteiger partial charge on any atom is -0.380 e. The van der Waals surface area contributed by atoms with Gasteiger partial charge in [-0.15, -0.1) is 0 Å². The number of aromatic amines is 1. The lowest BCUT2D eigenvalue weighted by atomic mass is 10.3. The highest BCUT2D eigenvalue weighted by Crippen LogP contribution is 1.99. The van der Waals surface area contributed by atoms with E-state index in [1.54, 1.807) is 4.90 Å². The molecule has 0 spiro atoms. The van der Waals surface area contributed by atoms with E-state index in [-0.39, 0.29) is 17.2 Å². The molecule has 1 aromatic rings. The number of likely N-dealkylation sites (N-methyl/N-ethyl adjacent to an activating group) is 1. The van der Waals surface area contributed by atoms with Crippen LogP contribution in [0.25, 0.3) is 0 Å². The van der Waals surface area contributed by atoms with Gasteiger partial charge in [-0.25, -0.2) is 5.10 Å². The summed E-state index contributed by atoms with van der Waals surface area (Å²) in [5.41, 5.74) is -0.0816. The number of carbonyl (C=O) groups is 1. The van der Waals surface area contributed by atoms with E-state index in [9.17, 15) is 9.59 Å². The van der Waals surface area contributed by atoms with Crippen molar-refractivity contribution in [3.63, 3.8) is 0 Å². The van der Waals surface area contributed by atoms with Crippen LogP contribution in [0.5, 0.6) is 0 Å². The van der Waals surface area contributed by atoms with Crippen LogP contribution in [0.4, 0.5) is 0 Å². The number of ether oxygens (including phenoxy) is 1. The second-order valence-corrected chi connectivity index (χ2v) is 3.39. The summed E-state index contributed by atoms with van der Waals surface area (Å²) in [6, 6.07) is 2.71. The number of aromatic nitrogens is 2. The van der Waals surface area contributed by atoms with Crippen LogP contribution in [0, 0.1) is 0 Å². The molecule has 1 amide bonds. The molecule has 0 atom stereocenters. The largest absolute Gasteiger partial charge is 0.380 e. The summed E-state index contributed by atoms with van der Waals surface area (Å²) in [4.78, 5) is 24.4. The molecule has 94 valence electrons. The summed E-state index contributed by atoms with van der Waals surface area (Å²) in [5, 5.41) is 5.95. The lowest BCUT2D eigenvalue weighted by molar-refractivity contribution is 0.0662. The molecule has 0 aliphatic heterocycles. The molecule has 1 aromatic heterocycles. The van der Waals surface area contributed by atoms with E-state index in [2.05, 4.69) is 10.2 Å². The second-order valence-electron chi connectivity index (χ2n) is 3.39. The molecule has 0 saturated carbocycles. The van der Waals surface area contributed by atoms with Gasteiger partial charge in [-0.3, -0.25) is 9.59 Å². The maximum Gasteiger partial charge on any atom is 0.274 e. The Bertz CT molecular complexity index is 396.